The molecule has 0 saturated carbocycles. The minimum Gasteiger partial charge on any atom is -0.0991 e. The molecule has 0 heterocycles. The van der Waals surface area contributed by atoms with E-state index in [2.05, 4.69) is 25.6 Å². The summed E-state index contributed by atoms with van der Waals surface area (Å²) in [5, 5.41) is 0. The Morgan fingerprint density at radius 1 is 1.17 bits per heavy atom. The summed E-state index contributed by atoms with van der Waals surface area (Å²) in [6, 6.07) is 10.3. The van der Waals surface area contributed by atoms with E-state index in [1.165, 1.54) is 5.56 Å². The van der Waals surface area contributed by atoms with Crippen LogP contribution in [0.15, 0.2) is 55.1 Å². The van der Waals surface area contributed by atoms with Crippen molar-refractivity contribution in [1.82, 2.24) is 0 Å². The molecule has 0 aliphatic carbocycles. The maximum Gasteiger partial charge on any atom is -0.0398 e. The van der Waals surface area contributed by atoms with Crippen molar-refractivity contribution in [2.24, 2.45) is 0 Å². The first kappa shape index (κ1) is 10.7. The lowest BCUT2D eigenvalue weighted by Crippen LogP contribution is -1.62. The Morgan fingerprint density at radius 2 is 1.75 bits per heavy atom. The van der Waals surface area contributed by atoms with Crippen molar-refractivity contribution >= 4 is 0 Å². The van der Waals surface area contributed by atoms with E-state index in [1.54, 1.807) is 6.08 Å². The van der Waals surface area contributed by atoms with Crippen molar-refractivity contribution in [3.05, 3.63) is 60.7 Å². The highest BCUT2D eigenvalue weighted by Crippen LogP contribution is 1.92. The maximum absolute atomic E-state index is 3.46. The van der Waals surface area contributed by atoms with Crippen LogP contribution in [-0.2, 0) is 0 Å². The van der Waals surface area contributed by atoms with Crippen LogP contribution in [0, 0.1) is 6.92 Å². The summed E-state index contributed by atoms with van der Waals surface area (Å²) in [5.41, 5.74) is 1.32. The monoisotopic (exact) mass is 160 g/mol. The number of rotatable bonds is 1. The van der Waals surface area contributed by atoms with Crippen molar-refractivity contribution in [3.63, 3.8) is 0 Å². The van der Waals surface area contributed by atoms with Crippen LogP contribution in [0.2, 0.25) is 0 Å². The number of hydrogen-bond acceptors (Lipinski definition) is 0. The van der Waals surface area contributed by atoms with Gasteiger partial charge in [-0.25, -0.2) is 0 Å². The predicted octanol–water partition coefficient (Wildman–Crippen LogP) is 3.74. The summed E-state index contributed by atoms with van der Waals surface area (Å²) in [7, 11) is 0. The summed E-state index contributed by atoms with van der Waals surface area (Å²) >= 11 is 0. The van der Waals surface area contributed by atoms with Crippen molar-refractivity contribution in [3.8, 4) is 0 Å². The molecule has 0 unspecified atom stereocenters. The molecule has 1 aromatic carbocycles. The fraction of sp³-hybridized carbons (Fsp3) is 0.167. The molecular formula is C12H16. The van der Waals surface area contributed by atoms with Crippen LogP contribution in [0.3, 0.4) is 0 Å². The van der Waals surface area contributed by atoms with E-state index < -0.39 is 0 Å². The van der Waals surface area contributed by atoms with Crippen molar-refractivity contribution in [2.45, 2.75) is 13.8 Å². The second-order valence-electron chi connectivity index (χ2n) is 2.42. The van der Waals surface area contributed by atoms with Gasteiger partial charge in [0, 0.05) is 0 Å². The third-order valence-corrected chi connectivity index (χ3v) is 1.27. The molecule has 1 aromatic rings. The minimum atomic E-state index is 1.32. The van der Waals surface area contributed by atoms with Gasteiger partial charge in [0.15, 0.2) is 0 Å². The Bertz CT molecular complexity index is 219. The van der Waals surface area contributed by atoms with Gasteiger partial charge in [-0.05, 0) is 13.8 Å². The van der Waals surface area contributed by atoms with Gasteiger partial charge < -0.3 is 0 Å². The predicted molar refractivity (Wildman–Crippen MR) is 56.2 cm³/mol. The van der Waals surface area contributed by atoms with Gasteiger partial charge in [0.1, 0.15) is 0 Å². The lowest BCUT2D eigenvalue weighted by Gasteiger charge is -1.82. The van der Waals surface area contributed by atoms with Gasteiger partial charge in [0.05, 0.1) is 0 Å². The van der Waals surface area contributed by atoms with Gasteiger partial charge in [-0.2, -0.15) is 0 Å². The third-order valence-electron chi connectivity index (χ3n) is 1.27. The van der Waals surface area contributed by atoms with Crippen LogP contribution in [0.25, 0.3) is 0 Å². The normalized spacial score (nSPS) is 8.83. The fourth-order valence-corrected chi connectivity index (χ4v) is 0.670. The van der Waals surface area contributed by atoms with Gasteiger partial charge in [0.25, 0.3) is 0 Å². The highest BCUT2D eigenvalue weighted by Gasteiger charge is 1.72. The lowest BCUT2D eigenvalue weighted by molar-refractivity contribution is 1.48. The Labute approximate surface area is 75.2 Å². The summed E-state index contributed by atoms with van der Waals surface area (Å²) in [5.74, 6) is 0. The van der Waals surface area contributed by atoms with E-state index in [-0.39, 0.29) is 0 Å². The number of allylic oxidation sites excluding steroid dienone is 3. The molecule has 0 fully saturated rings. The molecule has 0 saturated heterocycles. The van der Waals surface area contributed by atoms with E-state index in [9.17, 15) is 0 Å². The Balaban J connectivity index is 0.000000217. The molecule has 12 heavy (non-hydrogen) atoms. The zero-order chi connectivity index (χ0) is 9.23. The molecule has 0 N–H and O–H groups in total. The van der Waals surface area contributed by atoms with Crippen molar-refractivity contribution in [2.75, 3.05) is 0 Å². The van der Waals surface area contributed by atoms with Crippen LogP contribution in [0.1, 0.15) is 12.5 Å². The average Bonchev–Trinajstić information content (AvgIpc) is 2.08. The zero-order valence-electron chi connectivity index (χ0n) is 7.83. The quantitative estimate of drug-likeness (QED) is 0.549. The van der Waals surface area contributed by atoms with Gasteiger partial charge in [-0.15, -0.1) is 0 Å². The van der Waals surface area contributed by atoms with Crippen molar-refractivity contribution in [1.29, 1.82) is 0 Å². The smallest absolute Gasteiger partial charge is 0.0398 e. The standard InChI is InChI=1S/C7H8.C5H8/c1-7-5-3-2-4-6-7;1-3-5-4-2/h2-6H,1H3;3-5H,1H2,2H3/b;5-4-. The molecule has 0 aromatic heterocycles. The third kappa shape index (κ3) is 6.81. The van der Waals surface area contributed by atoms with Crippen LogP contribution >= 0.6 is 0 Å². The van der Waals surface area contributed by atoms with Crippen LogP contribution in [0.5, 0.6) is 0 Å². The molecule has 0 aliphatic rings. The summed E-state index contributed by atoms with van der Waals surface area (Å²) in [6.45, 7) is 7.51. The van der Waals surface area contributed by atoms with E-state index >= 15 is 0 Å². The first-order chi connectivity index (χ1) is 5.81. The van der Waals surface area contributed by atoms with Gasteiger partial charge in [-0.1, -0.05) is 60.7 Å². The second-order valence-corrected chi connectivity index (χ2v) is 2.42. The number of benzene rings is 1. The topological polar surface area (TPSA) is 0 Å². The molecule has 0 aliphatic heterocycles. The molecule has 64 valence electrons. The Kier molecular flexibility index (Phi) is 6.96. The largest absolute Gasteiger partial charge is 0.0991 e. The summed E-state index contributed by atoms with van der Waals surface area (Å²) in [4.78, 5) is 0. The molecule has 0 nitrogen and oxygen atoms in total. The molecule has 0 bridgehead atoms. The molecule has 0 spiro atoms. The van der Waals surface area contributed by atoms with E-state index in [1.807, 2.05) is 37.3 Å². The Hall–Kier alpha value is -1.30. The molecular weight excluding hydrogens is 144 g/mol. The first-order valence-electron chi connectivity index (χ1n) is 4.06. The van der Waals surface area contributed by atoms with E-state index in [0.29, 0.717) is 0 Å². The zero-order valence-corrected chi connectivity index (χ0v) is 7.83. The van der Waals surface area contributed by atoms with Crippen LogP contribution < -0.4 is 0 Å². The SMILES string of the molecule is C=C/C=C\C.Cc1ccccc1. The highest BCUT2D eigenvalue weighted by atomic mass is 13.8. The summed E-state index contributed by atoms with van der Waals surface area (Å²) < 4.78 is 0. The second kappa shape index (κ2) is 7.80. The van der Waals surface area contributed by atoms with Gasteiger partial charge in [0.2, 0.25) is 0 Å². The molecule has 1 rings (SSSR count). The number of aryl methyl sites for hydroxylation is 1. The molecule has 0 atom stereocenters. The van der Waals surface area contributed by atoms with Crippen LogP contribution in [0.4, 0.5) is 0 Å². The number of hydrogen-bond donors (Lipinski definition) is 0. The molecule has 0 amide bonds. The van der Waals surface area contributed by atoms with E-state index in [0.717, 1.165) is 0 Å². The van der Waals surface area contributed by atoms with Gasteiger partial charge in [-0.3, -0.25) is 0 Å². The van der Waals surface area contributed by atoms with E-state index in [4.69, 9.17) is 0 Å². The highest BCUT2D eigenvalue weighted by molar-refractivity contribution is 5.11. The first-order valence-corrected chi connectivity index (χ1v) is 4.06. The van der Waals surface area contributed by atoms with Gasteiger partial charge >= 0.3 is 0 Å². The fourth-order valence-electron chi connectivity index (χ4n) is 0.670. The molecule has 0 heteroatoms. The van der Waals surface area contributed by atoms with Crippen molar-refractivity contribution < 1.29 is 0 Å². The molecule has 0 radical (unpaired) electrons. The van der Waals surface area contributed by atoms with Crippen LogP contribution in [-0.4, -0.2) is 0 Å². The lowest BCUT2D eigenvalue weighted by atomic mass is 10.2. The summed E-state index contributed by atoms with van der Waals surface area (Å²) in [6.07, 6.45) is 5.58. The maximum atomic E-state index is 3.46. The minimum absolute atomic E-state index is 1.32. The Morgan fingerprint density at radius 3 is 1.92 bits per heavy atom. The average molecular weight is 160 g/mol.